The molecule has 9 heteroatoms. The molecule has 4 rings (SSSR count). The molecular weight excluding hydrogens is 426 g/mol. The van der Waals surface area contributed by atoms with Gasteiger partial charge in [-0.3, -0.25) is 9.59 Å². The molecule has 2 aromatic heterocycles. The topological polar surface area (TPSA) is 89.7 Å². The number of fused-ring (bicyclic) bond motifs is 1. The minimum absolute atomic E-state index is 0.0497. The summed E-state index contributed by atoms with van der Waals surface area (Å²) in [6.45, 7) is 7.11. The van der Waals surface area contributed by atoms with Gasteiger partial charge >= 0.3 is 5.97 Å². The Balaban J connectivity index is 1.48. The highest BCUT2D eigenvalue weighted by molar-refractivity contribution is 7.98. The molecule has 0 radical (unpaired) electrons. The van der Waals surface area contributed by atoms with Crippen LogP contribution < -0.4 is 0 Å². The lowest BCUT2D eigenvalue weighted by atomic mass is 9.97. The smallest absolute Gasteiger partial charge is 0.310 e. The molecule has 3 heterocycles. The first-order valence-corrected chi connectivity index (χ1v) is 11.8. The fourth-order valence-corrected chi connectivity index (χ4v) is 4.81. The van der Waals surface area contributed by atoms with Crippen LogP contribution in [0.4, 0.5) is 0 Å². The summed E-state index contributed by atoms with van der Waals surface area (Å²) < 4.78 is 6.90. The van der Waals surface area contributed by atoms with Gasteiger partial charge in [0, 0.05) is 35.8 Å². The lowest BCUT2D eigenvalue weighted by Gasteiger charge is -2.32. The maximum Gasteiger partial charge on any atom is 0.310 e. The molecule has 1 atom stereocenters. The van der Waals surface area contributed by atoms with Gasteiger partial charge in [0.25, 0.3) is 11.7 Å². The summed E-state index contributed by atoms with van der Waals surface area (Å²) >= 11 is 1.48. The molecular formula is C23H27N5O3S. The molecule has 0 N–H and O–H groups in total. The molecule has 1 aliphatic rings. The quantitative estimate of drug-likeness (QED) is 0.417. The zero-order valence-electron chi connectivity index (χ0n) is 18.6. The molecule has 1 aromatic carbocycles. The Bertz CT molecular complexity index is 1150. The third kappa shape index (κ3) is 4.77. The van der Waals surface area contributed by atoms with E-state index in [0.29, 0.717) is 41.9 Å². The van der Waals surface area contributed by atoms with Crippen LogP contribution in [0.5, 0.6) is 0 Å². The molecule has 1 saturated heterocycles. The molecule has 0 bridgehead atoms. The molecule has 1 amide bonds. The zero-order valence-corrected chi connectivity index (χ0v) is 19.4. The van der Waals surface area contributed by atoms with Crippen LogP contribution in [0.25, 0.3) is 5.78 Å². The number of aromatic nitrogens is 4. The van der Waals surface area contributed by atoms with Gasteiger partial charge in [-0.1, -0.05) is 30.0 Å². The van der Waals surface area contributed by atoms with Gasteiger partial charge in [-0.2, -0.15) is 4.98 Å². The maximum atomic E-state index is 13.3. The lowest BCUT2D eigenvalue weighted by Crippen LogP contribution is -2.43. The summed E-state index contributed by atoms with van der Waals surface area (Å²) in [5, 5.41) is 5.16. The number of piperidine rings is 1. The summed E-state index contributed by atoms with van der Waals surface area (Å²) in [6, 6.07) is 9.56. The Kier molecular flexibility index (Phi) is 6.74. The predicted molar refractivity (Wildman–Crippen MR) is 122 cm³/mol. The van der Waals surface area contributed by atoms with Gasteiger partial charge in [-0.05, 0) is 51.3 Å². The van der Waals surface area contributed by atoms with E-state index in [-0.39, 0.29) is 17.8 Å². The number of likely N-dealkylation sites (tertiary alicyclic amines) is 1. The maximum absolute atomic E-state index is 13.3. The Labute approximate surface area is 191 Å². The number of esters is 1. The third-order valence-corrected chi connectivity index (χ3v) is 6.42. The van der Waals surface area contributed by atoms with Crippen molar-refractivity contribution in [3.8, 4) is 0 Å². The Hall–Kier alpha value is -2.94. The molecule has 3 aromatic rings. The number of rotatable bonds is 6. The van der Waals surface area contributed by atoms with Gasteiger partial charge in [0.1, 0.15) is 0 Å². The van der Waals surface area contributed by atoms with Crippen LogP contribution >= 0.6 is 11.8 Å². The molecule has 1 aliphatic heterocycles. The molecule has 0 saturated carbocycles. The van der Waals surface area contributed by atoms with Crippen molar-refractivity contribution in [2.24, 2.45) is 5.92 Å². The van der Waals surface area contributed by atoms with E-state index in [2.05, 4.69) is 15.1 Å². The zero-order chi connectivity index (χ0) is 22.7. The summed E-state index contributed by atoms with van der Waals surface area (Å²) in [5.41, 5.74) is 3.44. The molecule has 0 aliphatic carbocycles. The number of carbonyl (C=O) groups is 2. The summed E-state index contributed by atoms with van der Waals surface area (Å²) in [5.74, 6) is 0.617. The first-order valence-electron chi connectivity index (χ1n) is 10.8. The monoisotopic (exact) mass is 453 g/mol. The number of amides is 1. The largest absolute Gasteiger partial charge is 0.466 e. The van der Waals surface area contributed by atoms with Crippen molar-refractivity contribution in [3.05, 3.63) is 52.8 Å². The number of ether oxygens (including phenoxy) is 1. The highest BCUT2D eigenvalue weighted by Crippen LogP contribution is 2.25. The van der Waals surface area contributed by atoms with Gasteiger partial charge in [0.2, 0.25) is 5.16 Å². The van der Waals surface area contributed by atoms with Crippen molar-refractivity contribution in [1.29, 1.82) is 0 Å². The number of benzene rings is 1. The van der Waals surface area contributed by atoms with Crippen LogP contribution in [-0.4, -0.2) is 56.1 Å². The summed E-state index contributed by atoms with van der Waals surface area (Å²) in [6.07, 6.45) is 1.55. The van der Waals surface area contributed by atoms with E-state index in [1.807, 2.05) is 44.2 Å². The van der Waals surface area contributed by atoms with Gasteiger partial charge in [0.15, 0.2) is 0 Å². The number of hydrogen-bond donors (Lipinski definition) is 0. The van der Waals surface area contributed by atoms with E-state index in [1.165, 1.54) is 11.8 Å². The third-order valence-electron chi connectivity index (χ3n) is 5.53. The fraction of sp³-hybridized carbons (Fsp3) is 0.435. The van der Waals surface area contributed by atoms with Crippen molar-refractivity contribution >= 4 is 29.4 Å². The Morgan fingerprint density at radius 3 is 2.84 bits per heavy atom. The Morgan fingerprint density at radius 2 is 2.03 bits per heavy atom. The minimum atomic E-state index is -0.254. The van der Waals surface area contributed by atoms with Crippen molar-refractivity contribution in [2.45, 2.75) is 44.5 Å². The van der Waals surface area contributed by atoms with E-state index in [1.54, 1.807) is 16.3 Å². The summed E-state index contributed by atoms with van der Waals surface area (Å²) in [7, 11) is 0. The second kappa shape index (κ2) is 9.68. The first kappa shape index (κ1) is 22.3. The van der Waals surface area contributed by atoms with Crippen molar-refractivity contribution in [3.63, 3.8) is 0 Å². The normalized spacial score (nSPS) is 16.3. The predicted octanol–water partition coefficient (Wildman–Crippen LogP) is 3.45. The van der Waals surface area contributed by atoms with Crippen molar-refractivity contribution in [2.75, 3.05) is 19.7 Å². The van der Waals surface area contributed by atoms with Crippen LogP contribution in [0.1, 0.15) is 47.1 Å². The molecule has 0 spiro atoms. The first-order chi connectivity index (χ1) is 15.5. The summed E-state index contributed by atoms with van der Waals surface area (Å²) in [4.78, 5) is 36.2. The molecule has 168 valence electrons. The highest BCUT2D eigenvalue weighted by Gasteiger charge is 2.30. The van der Waals surface area contributed by atoms with Crippen LogP contribution in [0, 0.1) is 19.8 Å². The second-order valence-corrected chi connectivity index (χ2v) is 8.88. The number of carbonyl (C=O) groups excluding carboxylic acids is 2. The average molecular weight is 454 g/mol. The highest BCUT2D eigenvalue weighted by atomic mass is 32.2. The number of aryl methyl sites for hydroxylation is 2. The number of nitrogens with zero attached hydrogens (tertiary/aromatic N) is 5. The minimum Gasteiger partial charge on any atom is -0.466 e. The van der Waals surface area contributed by atoms with E-state index < -0.39 is 0 Å². The van der Waals surface area contributed by atoms with E-state index in [9.17, 15) is 9.59 Å². The fourth-order valence-electron chi connectivity index (χ4n) is 3.99. The lowest BCUT2D eigenvalue weighted by molar-refractivity contribution is -0.149. The van der Waals surface area contributed by atoms with E-state index in [0.717, 1.165) is 29.8 Å². The molecule has 8 nitrogen and oxygen atoms in total. The number of thioether (sulfide) groups is 1. The molecule has 32 heavy (non-hydrogen) atoms. The molecule has 0 unspecified atom stereocenters. The van der Waals surface area contributed by atoms with Gasteiger partial charge in [-0.15, -0.1) is 5.10 Å². The van der Waals surface area contributed by atoms with E-state index >= 15 is 0 Å². The van der Waals surface area contributed by atoms with Crippen LogP contribution in [-0.2, 0) is 15.3 Å². The van der Waals surface area contributed by atoms with Crippen LogP contribution in [0.2, 0.25) is 0 Å². The van der Waals surface area contributed by atoms with Crippen LogP contribution in [0.3, 0.4) is 0 Å². The van der Waals surface area contributed by atoms with E-state index in [4.69, 9.17) is 4.74 Å². The van der Waals surface area contributed by atoms with Gasteiger partial charge < -0.3 is 9.64 Å². The average Bonchev–Trinajstić information content (AvgIpc) is 3.21. The SMILES string of the molecule is CCOC(=O)[C@H]1CCCN(C(=O)c2ccccc2CSc2nc3nc(C)cc(C)n3n2)C1. The molecule has 1 fully saturated rings. The Morgan fingerprint density at radius 1 is 1.22 bits per heavy atom. The number of hydrogen-bond acceptors (Lipinski definition) is 7. The second-order valence-electron chi connectivity index (χ2n) is 7.93. The van der Waals surface area contributed by atoms with Gasteiger partial charge in [0.05, 0.1) is 12.5 Å². The van der Waals surface area contributed by atoms with Gasteiger partial charge in [-0.25, -0.2) is 9.50 Å². The van der Waals surface area contributed by atoms with Crippen LogP contribution in [0.15, 0.2) is 35.5 Å². The van der Waals surface area contributed by atoms with Crippen molar-refractivity contribution < 1.29 is 14.3 Å². The van der Waals surface area contributed by atoms with Crippen molar-refractivity contribution in [1.82, 2.24) is 24.5 Å². The standard InChI is InChI=1S/C23H27N5O3S/c1-4-31-21(30)17-9-7-11-27(13-17)20(29)19-10-6-5-8-18(19)14-32-23-25-22-24-15(2)12-16(3)28(22)26-23/h5-6,8,10,12,17H,4,7,9,11,13-14H2,1-3H3/t17-/m0/s1.